The van der Waals surface area contributed by atoms with Crippen molar-refractivity contribution in [2.75, 3.05) is 13.2 Å². The van der Waals surface area contributed by atoms with Gasteiger partial charge in [-0.25, -0.2) is 0 Å². The van der Waals surface area contributed by atoms with Crippen LogP contribution in [-0.2, 0) is 23.9 Å². The Kier molecular flexibility index (Phi) is 5.48. The average molecular weight is 365 g/mol. The molecular weight excluding hydrogens is 338 g/mol. The summed E-state index contributed by atoms with van der Waals surface area (Å²) in [6.45, 7) is 0.994. The molecule has 0 unspecified atom stereocenters. The Morgan fingerprint density at radius 1 is 0.962 bits per heavy atom. The molecule has 4 bridgehead atoms. The van der Waals surface area contributed by atoms with E-state index in [4.69, 9.17) is 4.74 Å². The Morgan fingerprint density at radius 3 is 2.08 bits per heavy atom. The molecule has 4 fully saturated rings. The van der Waals surface area contributed by atoms with E-state index in [0.29, 0.717) is 17.8 Å². The minimum Gasteiger partial charge on any atom is -0.455 e. The quantitative estimate of drug-likeness (QED) is 0.466. The third-order valence-electron chi connectivity index (χ3n) is 5.88. The van der Waals surface area contributed by atoms with Gasteiger partial charge >= 0.3 is 5.97 Å². The molecule has 8 nitrogen and oxygen atoms in total. The molecule has 0 atom stereocenters. The molecule has 4 saturated carbocycles. The van der Waals surface area contributed by atoms with Crippen LogP contribution in [0.4, 0.5) is 0 Å². The molecule has 0 saturated heterocycles. The molecule has 3 amide bonds. The minimum absolute atomic E-state index is 0.0194. The Hall–Kier alpha value is -2.12. The van der Waals surface area contributed by atoms with Crippen molar-refractivity contribution < 1.29 is 23.9 Å². The summed E-state index contributed by atoms with van der Waals surface area (Å²) in [6, 6.07) is 0. The molecule has 144 valence electrons. The Balaban J connectivity index is 1.36. The maximum absolute atomic E-state index is 12.7. The summed E-state index contributed by atoms with van der Waals surface area (Å²) in [5.41, 5.74) is 3.98. The fraction of sp³-hybridized carbons (Fsp3) is 0.778. The number of esters is 1. The van der Waals surface area contributed by atoms with E-state index in [0.717, 1.165) is 19.3 Å². The standard InChI is InChI=1S/C18H27N3O5/c1-11(22)20-21-15(23)10-26-16(24)2-3-19-17(25)18-7-12-4-13(8-18)6-14(5-12)9-18/h12-14H,2-10H2,1H3,(H,19,25)(H,20,22)(H,21,23). The maximum atomic E-state index is 12.7. The van der Waals surface area contributed by atoms with Crippen LogP contribution < -0.4 is 16.2 Å². The summed E-state index contributed by atoms with van der Waals surface area (Å²) in [6.07, 6.45) is 6.81. The van der Waals surface area contributed by atoms with Gasteiger partial charge in [0.15, 0.2) is 6.61 Å². The molecule has 4 aliphatic rings. The third kappa shape index (κ3) is 4.34. The van der Waals surface area contributed by atoms with Crippen LogP contribution in [0.15, 0.2) is 0 Å². The summed E-state index contributed by atoms with van der Waals surface area (Å²) in [4.78, 5) is 46.4. The highest BCUT2D eigenvalue weighted by Crippen LogP contribution is 2.60. The van der Waals surface area contributed by atoms with Gasteiger partial charge in [-0.2, -0.15) is 0 Å². The number of amides is 3. The van der Waals surface area contributed by atoms with Gasteiger partial charge in [0.25, 0.3) is 5.91 Å². The van der Waals surface area contributed by atoms with Crippen LogP contribution in [0.3, 0.4) is 0 Å². The molecule has 0 heterocycles. The first-order valence-electron chi connectivity index (χ1n) is 9.35. The summed E-state index contributed by atoms with van der Waals surface area (Å²) in [5, 5.41) is 2.90. The van der Waals surface area contributed by atoms with Crippen LogP contribution in [0.1, 0.15) is 51.9 Å². The predicted molar refractivity (Wildman–Crippen MR) is 91.2 cm³/mol. The molecule has 0 radical (unpaired) electrons. The van der Waals surface area contributed by atoms with Crippen LogP contribution in [0.2, 0.25) is 0 Å². The number of rotatable bonds is 6. The van der Waals surface area contributed by atoms with Crippen LogP contribution in [0.25, 0.3) is 0 Å². The number of hydrogen-bond donors (Lipinski definition) is 3. The fourth-order valence-electron chi connectivity index (χ4n) is 5.27. The lowest BCUT2D eigenvalue weighted by atomic mass is 9.49. The SMILES string of the molecule is CC(=O)NNC(=O)COC(=O)CCNC(=O)C12CC3CC(CC(C3)C1)C2. The number of carbonyl (C=O) groups is 4. The average Bonchev–Trinajstić information content (AvgIpc) is 2.56. The van der Waals surface area contributed by atoms with E-state index in [1.807, 2.05) is 0 Å². The van der Waals surface area contributed by atoms with Crippen LogP contribution >= 0.6 is 0 Å². The summed E-state index contributed by atoms with van der Waals surface area (Å²) < 4.78 is 4.81. The van der Waals surface area contributed by atoms with E-state index in [9.17, 15) is 19.2 Å². The zero-order chi connectivity index (χ0) is 18.7. The van der Waals surface area contributed by atoms with Gasteiger partial charge < -0.3 is 10.1 Å². The van der Waals surface area contributed by atoms with E-state index in [1.54, 1.807) is 0 Å². The number of ether oxygens (including phenoxy) is 1. The molecule has 8 heteroatoms. The molecular formula is C18H27N3O5. The summed E-state index contributed by atoms with van der Waals surface area (Å²) in [7, 11) is 0. The van der Waals surface area contributed by atoms with Crippen LogP contribution in [-0.4, -0.2) is 36.8 Å². The van der Waals surface area contributed by atoms with Gasteiger partial charge in [-0.15, -0.1) is 0 Å². The van der Waals surface area contributed by atoms with Crippen molar-refractivity contribution in [3.05, 3.63) is 0 Å². The number of nitrogens with one attached hydrogen (secondary N) is 3. The predicted octanol–water partition coefficient (Wildman–Crippen LogP) is 0.420. The van der Waals surface area contributed by atoms with E-state index < -0.39 is 24.4 Å². The molecule has 3 N–H and O–H groups in total. The van der Waals surface area contributed by atoms with E-state index in [1.165, 1.54) is 26.2 Å². The lowest BCUT2D eigenvalue weighted by molar-refractivity contribution is -0.149. The lowest BCUT2D eigenvalue weighted by Crippen LogP contribution is -2.53. The largest absolute Gasteiger partial charge is 0.455 e. The van der Waals surface area contributed by atoms with Crippen molar-refractivity contribution in [3.63, 3.8) is 0 Å². The minimum atomic E-state index is -0.619. The second kappa shape index (κ2) is 7.63. The lowest BCUT2D eigenvalue weighted by Gasteiger charge is -2.55. The third-order valence-corrected chi connectivity index (χ3v) is 5.88. The van der Waals surface area contributed by atoms with E-state index >= 15 is 0 Å². The maximum Gasteiger partial charge on any atom is 0.308 e. The van der Waals surface area contributed by atoms with Gasteiger partial charge in [0.2, 0.25) is 11.8 Å². The number of hydrazine groups is 1. The van der Waals surface area contributed by atoms with Crippen LogP contribution in [0.5, 0.6) is 0 Å². The van der Waals surface area contributed by atoms with E-state index in [-0.39, 0.29) is 24.3 Å². The Morgan fingerprint density at radius 2 is 1.54 bits per heavy atom. The molecule has 0 aromatic rings. The topological polar surface area (TPSA) is 114 Å². The van der Waals surface area contributed by atoms with Crippen molar-refractivity contribution >= 4 is 23.7 Å². The zero-order valence-electron chi connectivity index (χ0n) is 15.1. The molecule has 0 aromatic carbocycles. The van der Waals surface area contributed by atoms with E-state index in [2.05, 4.69) is 16.2 Å². The highest BCUT2D eigenvalue weighted by molar-refractivity contribution is 5.84. The van der Waals surface area contributed by atoms with Gasteiger partial charge in [0.1, 0.15) is 0 Å². The normalized spacial score (nSPS) is 31.2. The van der Waals surface area contributed by atoms with Crippen molar-refractivity contribution in [1.82, 2.24) is 16.2 Å². The van der Waals surface area contributed by atoms with Crippen molar-refractivity contribution in [1.29, 1.82) is 0 Å². The fourth-order valence-corrected chi connectivity index (χ4v) is 5.27. The molecule has 4 aliphatic carbocycles. The van der Waals surface area contributed by atoms with Gasteiger partial charge in [0.05, 0.1) is 6.42 Å². The molecule has 0 spiro atoms. The zero-order valence-corrected chi connectivity index (χ0v) is 15.1. The van der Waals surface area contributed by atoms with Crippen molar-refractivity contribution in [2.45, 2.75) is 51.9 Å². The number of carbonyl (C=O) groups excluding carboxylic acids is 4. The Bertz CT molecular complexity index is 568. The monoisotopic (exact) mass is 365 g/mol. The highest BCUT2D eigenvalue weighted by atomic mass is 16.5. The van der Waals surface area contributed by atoms with Gasteiger partial charge in [0, 0.05) is 18.9 Å². The van der Waals surface area contributed by atoms with Gasteiger partial charge in [-0.1, -0.05) is 0 Å². The second-order valence-electron chi connectivity index (χ2n) is 8.09. The van der Waals surface area contributed by atoms with Crippen molar-refractivity contribution in [2.24, 2.45) is 23.2 Å². The van der Waals surface area contributed by atoms with Crippen LogP contribution in [0, 0.1) is 23.2 Å². The second-order valence-corrected chi connectivity index (χ2v) is 8.09. The highest BCUT2D eigenvalue weighted by Gasteiger charge is 2.54. The smallest absolute Gasteiger partial charge is 0.308 e. The first-order valence-corrected chi connectivity index (χ1v) is 9.35. The molecule has 4 rings (SSSR count). The first kappa shape index (κ1) is 18.7. The van der Waals surface area contributed by atoms with Crippen molar-refractivity contribution in [3.8, 4) is 0 Å². The molecule has 0 aliphatic heterocycles. The summed E-state index contributed by atoms with van der Waals surface area (Å²) in [5.74, 6) is 0.557. The molecule has 26 heavy (non-hydrogen) atoms. The Labute approximate surface area is 152 Å². The first-order chi connectivity index (χ1) is 12.4. The van der Waals surface area contributed by atoms with Gasteiger partial charge in [-0.05, 0) is 56.3 Å². The molecule has 0 aromatic heterocycles. The summed E-state index contributed by atoms with van der Waals surface area (Å²) >= 11 is 0. The van der Waals surface area contributed by atoms with Gasteiger partial charge in [-0.3, -0.25) is 30.0 Å². The number of hydrogen-bond acceptors (Lipinski definition) is 5.